The van der Waals surface area contributed by atoms with Crippen molar-refractivity contribution in [3.63, 3.8) is 0 Å². The third-order valence-corrected chi connectivity index (χ3v) is 0.813. The van der Waals surface area contributed by atoms with E-state index in [9.17, 15) is 9.70 Å². The molecule has 0 aromatic carbocycles. The summed E-state index contributed by atoms with van der Waals surface area (Å²) in [5, 5.41) is 10.9. The van der Waals surface area contributed by atoms with Crippen LogP contribution in [-0.2, 0) is 9.53 Å². The zero-order valence-electron chi connectivity index (χ0n) is 5.62. The molecule has 0 radical (unpaired) electrons. The van der Waals surface area contributed by atoms with E-state index in [0.29, 0.717) is 0 Å². The molecule has 0 atom stereocenters. The van der Waals surface area contributed by atoms with E-state index in [1.807, 2.05) is 0 Å². The van der Waals surface area contributed by atoms with Gasteiger partial charge in [0.1, 0.15) is 5.76 Å². The SMILES string of the molecule is COC(=O)/C(N=O)=C(/C)O. The van der Waals surface area contributed by atoms with Crippen LogP contribution in [0.1, 0.15) is 6.92 Å². The Morgan fingerprint density at radius 2 is 2.10 bits per heavy atom. The lowest BCUT2D eigenvalue weighted by Gasteiger charge is -1.95. The van der Waals surface area contributed by atoms with Crippen molar-refractivity contribution in [2.45, 2.75) is 6.92 Å². The first-order valence-electron chi connectivity index (χ1n) is 2.45. The van der Waals surface area contributed by atoms with Gasteiger partial charge in [0.05, 0.1) is 7.11 Å². The fourth-order valence-corrected chi connectivity index (χ4v) is 0.348. The molecule has 0 fully saturated rings. The van der Waals surface area contributed by atoms with Gasteiger partial charge in [-0.05, 0) is 12.1 Å². The van der Waals surface area contributed by atoms with E-state index in [4.69, 9.17) is 5.11 Å². The van der Waals surface area contributed by atoms with Gasteiger partial charge in [-0.25, -0.2) is 4.79 Å². The monoisotopic (exact) mass is 145 g/mol. The van der Waals surface area contributed by atoms with Gasteiger partial charge in [0.15, 0.2) is 0 Å². The number of carbonyl (C=O) groups excluding carboxylic acids is 1. The largest absolute Gasteiger partial charge is 0.510 e. The molecular formula is C5H7NO4. The van der Waals surface area contributed by atoms with Crippen molar-refractivity contribution < 1.29 is 14.6 Å². The Hall–Kier alpha value is -1.39. The van der Waals surface area contributed by atoms with Crippen LogP contribution in [0.5, 0.6) is 0 Å². The number of ether oxygens (including phenoxy) is 1. The van der Waals surface area contributed by atoms with Gasteiger partial charge in [0, 0.05) is 0 Å². The van der Waals surface area contributed by atoms with Crippen LogP contribution in [0.4, 0.5) is 0 Å². The van der Waals surface area contributed by atoms with Gasteiger partial charge >= 0.3 is 5.97 Å². The van der Waals surface area contributed by atoms with E-state index in [0.717, 1.165) is 7.11 Å². The van der Waals surface area contributed by atoms with Crippen molar-refractivity contribution in [3.8, 4) is 0 Å². The summed E-state index contributed by atoms with van der Waals surface area (Å²) in [5.41, 5.74) is -0.595. The van der Waals surface area contributed by atoms with Crippen LogP contribution in [0, 0.1) is 4.91 Å². The number of methoxy groups -OCH3 is 1. The topological polar surface area (TPSA) is 76.0 Å². The summed E-state index contributed by atoms with van der Waals surface area (Å²) < 4.78 is 4.11. The molecule has 0 aliphatic carbocycles. The molecular weight excluding hydrogens is 138 g/mol. The van der Waals surface area contributed by atoms with Crippen LogP contribution in [-0.4, -0.2) is 18.2 Å². The number of esters is 1. The molecule has 0 amide bonds. The van der Waals surface area contributed by atoms with Crippen molar-refractivity contribution in [1.29, 1.82) is 0 Å². The lowest BCUT2D eigenvalue weighted by atomic mass is 10.4. The quantitative estimate of drug-likeness (QED) is 0.269. The summed E-state index contributed by atoms with van der Waals surface area (Å²) in [6.45, 7) is 1.17. The van der Waals surface area contributed by atoms with E-state index < -0.39 is 17.4 Å². The number of hydrogen-bond donors (Lipinski definition) is 1. The predicted octanol–water partition coefficient (Wildman–Crippen LogP) is 0.715. The van der Waals surface area contributed by atoms with Crippen LogP contribution in [0.25, 0.3) is 0 Å². The molecule has 0 aromatic rings. The van der Waals surface area contributed by atoms with Gasteiger partial charge in [-0.3, -0.25) is 0 Å². The Morgan fingerprint density at radius 1 is 1.60 bits per heavy atom. The highest BCUT2D eigenvalue weighted by Crippen LogP contribution is 2.03. The minimum atomic E-state index is -0.935. The Kier molecular flexibility index (Phi) is 3.10. The van der Waals surface area contributed by atoms with Crippen molar-refractivity contribution >= 4 is 5.97 Å². The van der Waals surface area contributed by atoms with E-state index in [2.05, 4.69) is 9.91 Å². The van der Waals surface area contributed by atoms with Crippen molar-refractivity contribution in [2.24, 2.45) is 5.18 Å². The minimum absolute atomic E-state index is 0.443. The van der Waals surface area contributed by atoms with Crippen LogP contribution in [0.2, 0.25) is 0 Å². The highest BCUT2D eigenvalue weighted by molar-refractivity contribution is 5.88. The molecule has 0 rings (SSSR count). The summed E-state index contributed by atoms with van der Waals surface area (Å²) in [5.74, 6) is -1.38. The number of hydrogen-bond acceptors (Lipinski definition) is 5. The van der Waals surface area contributed by atoms with Crippen molar-refractivity contribution in [2.75, 3.05) is 7.11 Å². The Bertz CT molecular complexity index is 180. The average Bonchev–Trinajstić information content (AvgIpc) is 1.88. The first-order chi connectivity index (χ1) is 4.63. The summed E-state index contributed by atoms with van der Waals surface area (Å²) in [4.78, 5) is 20.2. The van der Waals surface area contributed by atoms with Crippen LogP contribution >= 0.6 is 0 Å². The second kappa shape index (κ2) is 3.60. The zero-order chi connectivity index (χ0) is 8.15. The van der Waals surface area contributed by atoms with E-state index in [1.165, 1.54) is 6.92 Å². The second-order valence-electron chi connectivity index (χ2n) is 1.52. The number of nitrogens with zero attached hydrogens (tertiary/aromatic N) is 1. The van der Waals surface area contributed by atoms with Crippen LogP contribution < -0.4 is 0 Å². The lowest BCUT2D eigenvalue weighted by Crippen LogP contribution is -2.04. The summed E-state index contributed by atoms with van der Waals surface area (Å²) >= 11 is 0. The maximum Gasteiger partial charge on any atom is 0.363 e. The molecule has 0 bridgehead atoms. The lowest BCUT2D eigenvalue weighted by molar-refractivity contribution is -0.136. The average molecular weight is 145 g/mol. The van der Waals surface area contributed by atoms with Crippen molar-refractivity contribution in [1.82, 2.24) is 0 Å². The number of nitroso groups, excluding NO2 is 1. The van der Waals surface area contributed by atoms with Gasteiger partial charge in [0.25, 0.3) is 0 Å². The summed E-state index contributed by atoms with van der Waals surface area (Å²) in [7, 11) is 1.09. The normalized spacial score (nSPS) is 11.8. The molecule has 0 unspecified atom stereocenters. The third-order valence-electron chi connectivity index (χ3n) is 0.813. The predicted molar refractivity (Wildman–Crippen MR) is 33.1 cm³/mol. The van der Waals surface area contributed by atoms with Crippen LogP contribution in [0.15, 0.2) is 16.6 Å². The Labute approximate surface area is 57.3 Å². The van der Waals surface area contributed by atoms with Gasteiger partial charge in [-0.15, -0.1) is 4.91 Å². The first kappa shape index (κ1) is 8.61. The summed E-state index contributed by atoms with van der Waals surface area (Å²) in [6, 6.07) is 0. The molecule has 0 saturated carbocycles. The number of allylic oxidation sites excluding steroid dienone is 1. The maximum atomic E-state index is 10.5. The third kappa shape index (κ3) is 1.85. The molecule has 5 nitrogen and oxygen atoms in total. The van der Waals surface area contributed by atoms with Gasteiger partial charge in [-0.2, -0.15) is 0 Å². The molecule has 0 spiro atoms. The minimum Gasteiger partial charge on any atom is -0.510 e. The van der Waals surface area contributed by atoms with Crippen molar-refractivity contribution in [3.05, 3.63) is 16.4 Å². The molecule has 5 heteroatoms. The number of carbonyl (C=O) groups is 1. The number of aliphatic hydroxyl groups is 1. The van der Waals surface area contributed by atoms with Gasteiger partial charge < -0.3 is 9.84 Å². The molecule has 0 aromatic heterocycles. The molecule has 0 aliphatic heterocycles. The fraction of sp³-hybridized carbons (Fsp3) is 0.400. The smallest absolute Gasteiger partial charge is 0.363 e. The van der Waals surface area contributed by atoms with E-state index in [-0.39, 0.29) is 0 Å². The highest BCUT2D eigenvalue weighted by Gasteiger charge is 2.13. The molecule has 56 valence electrons. The Balaban J connectivity index is 4.53. The molecule has 1 N–H and O–H groups in total. The summed E-state index contributed by atoms with van der Waals surface area (Å²) in [6.07, 6.45) is 0. The molecule has 0 heterocycles. The van der Waals surface area contributed by atoms with Crippen LogP contribution in [0.3, 0.4) is 0 Å². The molecule has 10 heavy (non-hydrogen) atoms. The highest BCUT2D eigenvalue weighted by atomic mass is 16.5. The molecule has 0 saturated heterocycles. The first-order valence-corrected chi connectivity index (χ1v) is 2.45. The maximum absolute atomic E-state index is 10.5. The van der Waals surface area contributed by atoms with Gasteiger partial charge in [-0.1, -0.05) is 0 Å². The Morgan fingerprint density at radius 3 is 2.20 bits per heavy atom. The molecule has 0 aliphatic rings. The zero-order valence-corrected chi connectivity index (χ0v) is 5.62. The number of aliphatic hydroxyl groups excluding tert-OH is 1. The van der Waals surface area contributed by atoms with E-state index >= 15 is 0 Å². The van der Waals surface area contributed by atoms with E-state index in [1.54, 1.807) is 0 Å². The number of rotatable bonds is 2. The second-order valence-corrected chi connectivity index (χ2v) is 1.52. The standard InChI is InChI=1S/C5H7NO4/c1-3(7)4(6-9)5(8)10-2/h7H,1-2H3/b4-3+. The fourth-order valence-electron chi connectivity index (χ4n) is 0.348. The van der Waals surface area contributed by atoms with Gasteiger partial charge in [0.2, 0.25) is 5.70 Å².